The van der Waals surface area contributed by atoms with E-state index in [0.29, 0.717) is 23.2 Å². The fraction of sp³-hybridized carbons (Fsp3) is 0.533. The van der Waals surface area contributed by atoms with Crippen molar-refractivity contribution in [3.63, 3.8) is 0 Å². The number of aryl methyl sites for hydroxylation is 1. The fourth-order valence-corrected chi connectivity index (χ4v) is 2.54. The smallest absolute Gasteiger partial charge is 0.258 e. The Bertz CT molecular complexity index is 506. The van der Waals surface area contributed by atoms with Gasteiger partial charge in [-0.2, -0.15) is 0 Å². The molecule has 21 heavy (non-hydrogen) atoms. The fourth-order valence-electron chi connectivity index (χ4n) is 2.31. The SMILES string of the molecule is Cc1cc(Cl)ccc1OCC(=O)NC(C)(CN)C1CC1.Cl. The van der Waals surface area contributed by atoms with Crippen molar-refractivity contribution in [1.82, 2.24) is 5.32 Å². The van der Waals surface area contributed by atoms with Crippen molar-refractivity contribution in [3.8, 4) is 5.75 Å². The van der Waals surface area contributed by atoms with Crippen LogP contribution in [-0.2, 0) is 4.79 Å². The van der Waals surface area contributed by atoms with E-state index in [-0.39, 0.29) is 30.5 Å². The maximum absolute atomic E-state index is 12.0. The van der Waals surface area contributed by atoms with E-state index in [0.717, 1.165) is 18.4 Å². The molecule has 0 aromatic heterocycles. The van der Waals surface area contributed by atoms with Crippen LogP contribution in [0.1, 0.15) is 25.3 Å². The third-order valence-corrected chi connectivity index (χ3v) is 4.06. The summed E-state index contributed by atoms with van der Waals surface area (Å²) in [6, 6.07) is 5.33. The molecule has 0 radical (unpaired) electrons. The maximum Gasteiger partial charge on any atom is 0.258 e. The number of ether oxygens (including phenoxy) is 1. The summed E-state index contributed by atoms with van der Waals surface area (Å²) in [6.07, 6.45) is 2.26. The highest BCUT2D eigenvalue weighted by Gasteiger charge is 2.41. The van der Waals surface area contributed by atoms with Crippen LogP contribution in [0.4, 0.5) is 0 Å². The number of carbonyl (C=O) groups is 1. The quantitative estimate of drug-likeness (QED) is 0.841. The molecule has 0 bridgehead atoms. The first-order valence-electron chi connectivity index (χ1n) is 6.84. The van der Waals surface area contributed by atoms with E-state index in [2.05, 4.69) is 5.32 Å². The number of hydrogen-bond donors (Lipinski definition) is 2. The minimum Gasteiger partial charge on any atom is -0.484 e. The molecule has 1 amide bonds. The Kier molecular flexibility index (Phi) is 6.32. The van der Waals surface area contributed by atoms with Crippen LogP contribution < -0.4 is 15.8 Å². The van der Waals surface area contributed by atoms with Gasteiger partial charge in [0.05, 0.1) is 5.54 Å². The summed E-state index contributed by atoms with van der Waals surface area (Å²) < 4.78 is 5.53. The van der Waals surface area contributed by atoms with E-state index in [1.165, 1.54) is 0 Å². The molecule has 1 aromatic rings. The molecule has 1 unspecified atom stereocenters. The monoisotopic (exact) mass is 332 g/mol. The summed E-state index contributed by atoms with van der Waals surface area (Å²) in [5, 5.41) is 3.65. The van der Waals surface area contributed by atoms with Gasteiger partial charge in [0.25, 0.3) is 5.91 Å². The van der Waals surface area contributed by atoms with Crippen molar-refractivity contribution >= 4 is 29.9 Å². The highest BCUT2D eigenvalue weighted by atomic mass is 35.5. The molecule has 1 aliphatic rings. The van der Waals surface area contributed by atoms with Crippen LogP contribution in [0.2, 0.25) is 5.02 Å². The Morgan fingerprint density at radius 3 is 2.71 bits per heavy atom. The lowest BCUT2D eigenvalue weighted by Gasteiger charge is -2.29. The lowest BCUT2D eigenvalue weighted by Crippen LogP contribution is -2.54. The maximum atomic E-state index is 12.0. The van der Waals surface area contributed by atoms with Gasteiger partial charge in [0.1, 0.15) is 5.75 Å². The number of halogens is 2. The number of nitrogens with two attached hydrogens (primary N) is 1. The summed E-state index contributed by atoms with van der Waals surface area (Å²) in [4.78, 5) is 12.0. The number of carbonyl (C=O) groups excluding carboxylic acids is 1. The number of benzene rings is 1. The molecule has 6 heteroatoms. The first-order chi connectivity index (χ1) is 9.44. The molecule has 1 atom stereocenters. The van der Waals surface area contributed by atoms with Crippen molar-refractivity contribution in [2.24, 2.45) is 11.7 Å². The van der Waals surface area contributed by atoms with Crippen molar-refractivity contribution in [3.05, 3.63) is 28.8 Å². The standard InChI is InChI=1S/C15H21ClN2O2.ClH/c1-10-7-12(16)5-6-13(10)20-8-14(19)18-15(2,9-17)11-3-4-11;/h5-7,11H,3-4,8-9,17H2,1-2H3,(H,18,19);1H. The molecule has 0 spiro atoms. The summed E-state index contributed by atoms with van der Waals surface area (Å²) in [7, 11) is 0. The van der Waals surface area contributed by atoms with E-state index in [1.54, 1.807) is 12.1 Å². The molecule has 0 aliphatic heterocycles. The number of nitrogens with one attached hydrogen (secondary N) is 1. The minimum absolute atomic E-state index is 0. The van der Waals surface area contributed by atoms with E-state index in [9.17, 15) is 4.79 Å². The average molecular weight is 333 g/mol. The van der Waals surface area contributed by atoms with Gasteiger partial charge in [0, 0.05) is 11.6 Å². The molecule has 0 heterocycles. The number of rotatable bonds is 6. The largest absolute Gasteiger partial charge is 0.484 e. The Morgan fingerprint density at radius 1 is 1.52 bits per heavy atom. The summed E-state index contributed by atoms with van der Waals surface area (Å²) >= 11 is 5.88. The van der Waals surface area contributed by atoms with Crippen LogP contribution in [0.25, 0.3) is 0 Å². The average Bonchev–Trinajstić information content (AvgIpc) is 3.22. The Balaban J connectivity index is 0.00000220. The van der Waals surface area contributed by atoms with E-state index in [4.69, 9.17) is 22.1 Å². The molecular formula is C15H22Cl2N2O2. The Labute approximate surface area is 136 Å². The zero-order chi connectivity index (χ0) is 14.8. The van der Waals surface area contributed by atoms with Crippen LogP contribution in [0.15, 0.2) is 18.2 Å². The molecule has 2 rings (SSSR count). The van der Waals surface area contributed by atoms with Crippen LogP contribution in [-0.4, -0.2) is 24.6 Å². The molecule has 1 fully saturated rings. The third-order valence-electron chi connectivity index (χ3n) is 3.82. The van der Waals surface area contributed by atoms with E-state index < -0.39 is 0 Å². The van der Waals surface area contributed by atoms with Crippen LogP contribution >= 0.6 is 24.0 Å². The van der Waals surface area contributed by atoms with Gasteiger partial charge in [0.15, 0.2) is 6.61 Å². The third kappa shape index (κ3) is 4.77. The highest BCUT2D eigenvalue weighted by molar-refractivity contribution is 6.30. The lowest BCUT2D eigenvalue weighted by molar-refractivity contribution is -0.125. The summed E-state index contributed by atoms with van der Waals surface area (Å²) in [5.74, 6) is 1.03. The first kappa shape index (κ1) is 18.1. The van der Waals surface area contributed by atoms with Crippen molar-refractivity contribution in [2.45, 2.75) is 32.2 Å². The van der Waals surface area contributed by atoms with Gasteiger partial charge in [-0.3, -0.25) is 4.79 Å². The molecular weight excluding hydrogens is 311 g/mol. The predicted octanol–water partition coefficient (Wildman–Crippen LogP) is 2.69. The topological polar surface area (TPSA) is 64.3 Å². The molecule has 0 saturated heterocycles. The molecule has 1 aromatic carbocycles. The second-order valence-corrected chi connectivity index (χ2v) is 6.08. The van der Waals surface area contributed by atoms with Gasteiger partial charge in [-0.25, -0.2) is 0 Å². The summed E-state index contributed by atoms with van der Waals surface area (Å²) in [6.45, 7) is 4.33. The Hall–Kier alpha value is -0.970. The highest BCUT2D eigenvalue weighted by Crippen LogP contribution is 2.38. The number of hydrogen-bond acceptors (Lipinski definition) is 3. The van der Waals surface area contributed by atoms with Crippen LogP contribution in [0.3, 0.4) is 0 Å². The normalized spacial score (nSPS) is 16.6. The van der Waals surface area contributed by atoms with Gasteiger partial charge >= 0.3 is 0 Å². The van der Waals surface area contributed by atoms with E-state index in [1.807, 2.05) is 19.9 Å². The molecule has 1 aliphatic carbocycles. The number of amides is 1. The van der Waals surface area contributed by atoms with Gasteiger partial charge in [-0.05, 0) is 56.4 Å². The van der Waals surface area contributed by atoms with Gasteiger partial charge in [-0.15, -0.1) is 12.4 Å². The first-order valence-corrected chi connectivity index (χ1v) is 7.22. The molecule has 4 nitrogen and oxygen atoms in total. The minimum atomic E-state index is -0.310. The van der Waals surface area contributed by atoms with Gasteiger partial charge < -0.3 is 15.8 Å². The van der Waals surface area contributed by atoms with Crippen LogP contribution in [0.5, 0.6) is 5.75 Å². The zero-order valence-electron chi connectivity index (χ0n) is 12.3. The van der Waals surface area contributed by atoms with Crippen molar-refractivity contribution in [2.75, 3.05) is 13.2 Å². The summed E-state index contributed by atoms with van der Waals surface area (Å²) in [5.41, 5.74) is 6.38. The predicted molar refractivity (Wildman–Crippen MR) is 87.3 cm³/mol. The lowest BCUT2D eigenvalue weighted by atomic mass is 9.96. The van der Waals surface area contributed by atoms with Crippen molar-refractivity contribution < 1.29 is 9.53 Å². The van der Waals surface area contributed by atoms with Crippen molar-refractivity contribution in [1.29, 1.82) is 0 Å². The molecule has 3 N–H and O–H groups in total. The van der Waals surface area contributed by atoms with Gasteiger partial charge in [0.2, 0.25) is 0 Å². The van der Waals surface area contributed by atoms with Crippen LogP contribution in [0, 0.1) is 12.8 Å². The van der Waals surface area contributed by atoms with Gasteiger partial charge in [-0.1, -0.05) is 11.6 Å². The second kappa shape index (κ2) is 7.34. The molecule has 1 saturated carbocycles. The zero-order valence-corrected chi connectivity index (χ0v) is 13.9. The Morgan fingerprint density at radius 2 is 2.19 bits per heavy atom. The molecule has 118 valence electrons. The van der Waals surface area contributed by atoms with E-state index >= 15 is 0 Å². The second-order valence-electron chi connectivity index (χ2n) is 5.64.